The van der Waals surface area contributed by atoms with Crippen LogP contribution in [-0.2, 0) is 10.0 Å². The van der Waals surface area contributed by atoms with Gasteiger partial charge in [-0.1, -0.05) is 12.1 Å². The van der Waals surface area contributed by atoms with Crippen molar-refractivity contribution in [2.75, 3.05) is 6.54 Å². The second kappa shape index (κ2) is 6.41. The Labute approximate surface area is 126 Å². The van der Waals surface area contributed by atoms with Crippen LogP contribution in [0.15, 0.2) is 35.7 Å². The molecule has 1 aromatic rings. The molecule has 6 heteroatoms. The van der Waals surface area contributed by atoms with E-state index < -0.39 is 15.6 Å². The average molecular weight is 310 g/mol. The van der Waals surface area contributed by atoms with Crippen molar-refractivity contribution in [2.45, 2.75) is 38.1 Å². The molecule has 5 nitrogen and oxygen atoms in total. The third kappa shape index (κ3) is 4.99. The summed E-state index contributed by atoms with van der Waals surface area (Å²) in [6.45, 7) is 10.9. The molecule has 0 heterocycles. The van der Waals surface area contributed by atoms with Crippen LogP contribution in [0.3, 0.4) is 0 Å². The summed E-state index contributed by atoms with van der Waals surface area (Å²) in [6, 6.07) is 4.51. The molecule has 0 atom stereocenters. The molecule has 0 aliphatic rings. The summed E-state index contributed by atoms with van der Waals surface area (Å²) >= 11 is 0. The van der Waals surface area contributed by atoms with Gasteiger partial charge in [0.05, 0.1) is 4.90 Å². The third-order valence-corrected chi connectivity index (χ3v) is 4.37. The highest BCUT2D eigenvalue weighted by Crippen LogP contribution is 2.17. The molecular weight excluding hydrogens is 288 g/mol. The van der Waals surface area contributed by atoms with E-state index in [1.165, 1.54) is 12.1 Å². The maximum Gasteiger partial charge on any atom is 0.251 e. The number of carbonyl (C=O) groups is 1. The smallest absolute Gasteiger partial charge is 0.251 e. The second-order valence-electron chi connectivity index (χ2n) is 5.83. The zero-order chi connectivity index (χ0) is 16.3. The highest BCUT2D eigenvalue weighted by molar-refractivity contribution is 7.89. The van der Waals surface area contributed by atoms with Crippen molar-refractivity contribution in [2.24, 2.45) is 0 Å². The van der Waals surface area contributed by atoms with Gasteiger partial charge < -0.3 is 5.32 Å². The van der Waals surface area contributed by atoms with Crippen LogP contribution < -0.4 is 10.0 Å². The van der Waals surface area contributed by atoms with E-state index in [0.717, 1.165) is 0 Å². The lowest BCUT2D eigenvalue weighted by molar-refractivity contribution is 0.0957. The number of hydrogen-bond acceptors (Lipinski definition) is 3. The summed E-state index contributed by atoms with van der Waals surface area (Å²) in [5, 5.41) is 2.64. The highest BCUT2D eigenvalue weighted by atomic mass is 32.2. The Bertz CT molecular complexity index is 643. The van der Waals surface area contributed by atoms with Crippen molar-refractivity contribution in [1.29, 1.82) is 0 Å². The average Bonchev–Trinajstić information content (AvgIpc) is 2.33. The number of rotatable bonds is 5. The van der Waals surface area contributed by atoms with E-state index in [-0.39, 0.29) is 10.8 Å². The van der Waals surface area contributed by atoms with E-state index >= 15 is 0 Å². The lowest BCUT2D eigenvalue weighted by Gasteiger charge is -2.20. The normalized spacial score (nSPS) is 12.0. The van der Waals surface area contributed by atoms with Crippen molar-refractivity contribution >= 4 is 15.9 Å². The lowest BCUT2D eigenvalue weighted by atomic mass is 10.1. The van der Waals surface area contributed by atoms with Gasteiger partial charge >= 0.3 is 0 Å². The first-order chi connectivity index (χ1) is 9.57. The lowest BCUT2D eigenvalue weighted by Crippen LogP contribution is -2.40. The number of hydrogen-bond donors (Lipinski definition) is 2. The molecule has 0 aromatic heterocycles. The van der Waals surface area contributed by atoms with Crippen LogP contribution in [0.4, 0.5) is 0 Å². The minimum Gasteiger partial charge on any atom is -0.349 e. The molecule has 0 bridgehead atoms. The first-order valence-corrected chi connectivity index (χ1v) is 8.09. The van der Waals surface area contributed by atoms with E-state index in [9.17, 15) is 13.2 Å². The SMILES string of the molecule is C=CCNC(=O)c1cc(S(=O)(=O)NC(C)(C)C)ccc1C. The van der Waals surface area contributed by atoms with Crippen LogP contribution in [0.2, 0.25) is 0 Å². The summed E-state index contributed by atoms with van der Waals surface area (Å²) in [5.41, 5.74) is 0.467. The Morgan fingerprint density at radius 2 is 1.95 bits per heavy atom. The van der Waals surface area contributed by atoms with Gasteiger partial charge in [0.2, 0.25) is 10.0 Å². The van der Waals surface area contributed by atoms with Crippen LogP contribution in [0.1, 0.15) is 36.7 Å². The summed E-state index contributed by atoms with van der Waals surface area (Å²) in [5.74, 6) is -0.319. The predicted octanol–water partition coefficient (Wildman–Crippen LogP) is 1.99. The largest absolute Gasteiger partial charge is 0.349 e. The second-order valence-corrected chi connectivity index (χ2v) is 7.51. The van der Waals surface area contributed by atoms with Crippen molar-refractivity contribution < 1.29 is 13.2 Å². The maximum absolute atomic E-state index is 12.3. The van der Waals surface area contributed by atoms with Crippen LogP contribution in [0, 0.1) is 6.92 Å². The number of benzene rings is 1. The van der Waals surface area contributed by atoms with Crippen LogP contribution in [0.5, 0.6) is 0 Å². The van der Waals surface area contributed by atoms with E-state index in [4.69, 9.17) is 0 Å². The Hall–Kier alpha value is -1.66. The van der Waals surface area contributed by atoms with Gasteiger partial charge in [0.15, 0.2) is 0 Å². The van der Waals surface area contributed by atoms with E-state index in [0.29, 0.717) is 17.7 Å². The fraction of sp³-hybridized carbons (Fsp3) is 0.400. The number of nitrogens with one attached hydrogen (secondary N) is 2. The molecule has 0 radical (unpaired) electrons. The first kappa shape index (κ1) is 17.4. The van der Waals surface area contributed by atoms with Crippen molar-refractivity contribution in [1.82, 2.24) is 10.0 Å². The molecule has 1 aromatic carbocycles. The van der Waals surface area contributed by atoms with Gasteiger partial charge in [-0.25, -0.2) is 13.1 Å². The van der Waals surface area contributed by atoms with Gasteiger partial charge in [0, 0.05) is 17.6 Å². The van der Waals surface area contributed by atoms with E-state index in [1.54, 1.807) is 39.8 Å². The van der Waals surface area contributed by atoms with Gasteiger partial charge in [0.1, 0.15) is 0 Å². The molecule has 0 fully saturated rings. The zero-order valence-electron chi connectivity index (χ0n) is 12.9. The van der Waals surface area contributed by atoms with Crippen LogP contribution >= 0.6 is 0 Å². The Kier molecular flexibility index (Phi) is 5.31. The molecule has 0 aliphatic heterocycles. The van der Waals surface area contributed by atoms with Crippen molar-refractivity contribution in [3.8, 4) is 0 Å². The number of amides is 1. The van der Waals surface area contributed by atoms with Gasteiger partial charge in [-0.05, 0) is 45.4 Å². The first-order valence-electron chi connectivity index (χ1n) is 6.60. The standard InChI is InChI=1S/C15H22N2O3S/c1-6-9-16-14(18)13-10-12(8-7-11(13)2)21(19,20)17-15(3,4)5/h6-8,10,17H,1,9H2,2-5H3,(H,16,18). The third-order valence-electron chi connectivity index (χ3n) is 2.61. The molecule has 0 saturated carbocycles. The fourth-order valence-corrected chi connectivity index (χ4v) is 3.18. The molecular formula is C15H22N2O3S. The van der Waals surface area contributed by atoms with Gasteiger partial charge in [-0.3, -0.25) is 4.79 Å². The molecule has 0 unspecified atom stereocenters. The Balaban J connectivity index is 3.17. The van der Waals surface area contributed by atoms with Crippen LogP contribution in [0.25, 0.3) is 0 Å². The topological polar surface area (TPSA) is 75.3 Å². The van der Waals surface area contributed by atoms with E-state index in [2.05, 4.69) is 16.6 Å². The molecule has 21 heavy (non-hydrogen) atoms. The van der Waals surface area contributed by atoms with E-state index in [1.807, 2.05) is 0 Å². The molecule has 1 rings (SSSR count). The molecule has 2 N–H and O–H groups in total. The molecule has 0 aliphatic carbocycles. The molecule has 0 saturated heterocycles. The quantitative estimate of drug-likeness (QED) is 0.817. The summed E-state index contributed by atoms with van der Waals surface area (Å²) < 4.78 is 27.1. The molecule has 1 amide bonds. The van der Waals surface area contributed by atoms with Crippen molar-refractivity contribution in [3.63, 3.8) is 0 Å². The number of sulfonamides is 1. The minimum absolute atomic E-state index is 0.0757. The fourth-order valence-electron chi connectivity index (χ4n) is 1.74. The Morgan fingerprint density at radius 1 is 1.33 bits per heavy atom. The highest BCUT2D eigenvalue weighted by Gasteiger charge is 2.23. The molecule has 0 spiro atoms. The maximum atomic E-state index is 12.3. The monoisotopic (exact) mass is 310 g/mol. The predicted molar refractivity (Wildman–Crippen MR) is 83.8 cm³/mol. The Morgan fingerprint density at radius 3 is 2.48 bits per heavy atom. The molecule has 116 valence electrons. The minimum atomic E-state index is -3.66. The summed E-state index contributed by atoms with van der Waals surface area (Å²) in [6.07, 6.45) is 1.56. The van der Waals surface area contributed by atoms with Gasteiger partial charge in [-0.2, -0.15) is 0 Å². The van der Waals surface area contributed by atoms with Gasteiger partial charge in [0.25, 0.3) is 5.91 Å². The van der Waals surface area contributed by atoms with Gasteiger partial charge in [-0.15, -0.1) is 6.58 Å². The zero-order valence-corrected chi connectivity index (χ0v) is 13.7. The number of carbonyl (C=O) groups excluding carboxylic acids is 1. The van der Waals surface area contributed by atoms with Crippen LogP contribution in [-0.4, -0.2) is 26.4 Å². The number of aryl methyl sites for hydroxylation is 1. The summed E-state index contributed by atoms with van der Waals surface area (Å²) in [4.78, 5) is 12.1. The van der Waals surface area contributed by atoms with Crippen molar-refractivity contribution in [3.05, 3.63) is 42.0 Å². The summed E-state index contributed by atoms with van der Waals surface area (Å²) in [7, 11) is -3.66.